The van der Waals surface area contributed by atoms with Crippen molar-refractivity contribution in [3.63, 3.8) is 0 Å². The summed E-state index contributed by atoms with van der Waals surface area (Å²) in [4.78, 5) is 0.607. The zero-order valence-electron chi connectivity index (χ0n) is 9.86. The summed E-state index contributed by atoms with van der Waals surface area (Å²) in [6.45, 7) is 0. The Morgan fingerprint density at radius 3 is 2.50 bits per heavy atom. The molecule has 0 saturated heterocycles. The molecule has 3 rings (SSSR count). The molecule has 0 radical (unpaired) electrons. The number of hydrogen-bond donors (Lipinski definition) is 1. The van der Waals surface area contributed by atoms with E-state index in [0.29, 0.717) is 21.2 Å². The van der Waals surface area contributed by atoms with E-state index in [0.717, 1.165) is 18.2 Å². The second kappa shape index (κ2) is 4.88. The molecule has 0 aliphatic rings. The fourth-order valence-electron chi connectivity index (χ4n) is 1.89. The molecule has 0 bridgehead atoms. The summed E-state index contributed by atoms with van der Waals surface area (Å²) in [5.74, 6) is -1.06. The van der Waals surface area contributed by atoms with Crippen molar-refractivity contribution in [2.24, 2.45) is 0 Å². The first kappa shape index (κ1) is 13.1. The summed E-state index contributed by atoms with van der Waals surface area (Å²) in [6.07, 6.45) is 0. The van der Waals surface area contributed by atoms with Crippen LogP contribution in [0, 0.1) is 11.6 Å². The van der Waals surface area contributed by atoms with Gasteiger partial charge in [0.05, 0.1) is 15.5 Å². The number of halogens is 3. The second-order valence-corrected chi connectivity index (χ2v) is 5.35. The van der Waals surface area contributed by atoms with Crippen LogP contribution in [0.3, 0.4) is 0 Å². The maximum atomic E-state index is 13.3. The average Bonchev–Trinajstić information content (AvgIpc) is 2.93. The number of nitrogen functional groups attached to an aromatic ring is 1. The molecule has 0 atom stereocenters. The van der Waals surface area contributed by atoms with E-state index in [4.69, 9.17) is 21.9 Å². The van der Waals surface area contributed by atoms with E-state index in [2.05, 4.69) is 5.16 Å². The number of rotatable bonds is 2. The van der Waals surface area contributed by atoms with Crippen LogP contribution in [-0.2, 0) is 0 Å². The molecule has 0 aliphatic carbocycles. The van der Waals surface area contributed by atoms with Crippen molar-refractivity contribution in [2.75, 3.05) is 5.73 Å². The lowest BCUT2D eigenvalue weighted by atomic mass is 10.0. The minimum Gasteiger partial charge on any atom is -0.380 e. The number of nitrogens with two attached hydrogens (primary N) is 1. The second-order valence-electron chi connectivity index (χ2n) is 4.03. The van der Waals surface area contributed by atoms with Gasteiger partial charge in [0, 0.05) is 6.07 Å². The predicted molar refractivity (Wildman–Crippen MR) is 74.6 cm³/mol. The van der Waals surface area contributed by atoms with Gasteiger partial charge >= 0.3 is 0 Å². The van der Waals surface area contributed by atoms with E-state index < -0.39 is 11.6 Å². The number of anilines is 1. The van der Waals surface area contributed by atoms with Gasteiger partial charge in [0.15, 0.2) is 11.6 Å². The third kappa shape index (κ3) is 2.17. The fraction of sp³-hybridized carbons (Fsp3) is 0. The van der Waals surface area contributed by atoms with Crippen molar-refractivity contribution in [3.8, 4) is 21.8 Å². The smallest absolute Gasteiger partial charge is 0.188 e. The molecule has 7 heteroatoms. The van der Waals surface area contributed by atoms with E-state index in [-0.39, 0.29) is 11.4 Å². The summed E-state index contributed by atoms with van der Waals surface area (Å²) < 4.78 is 31.9. The monoisotopic (exact) mass is 312 g/mol. The lowest BCUT2D eigenvalue weighted by molar-refractivity contribution is 0.437. The van der Waals surface area contributed by atoms with E-state index in [9.17, 15) is 8.78 Å². The van der Waals surface area contributed by atoms with Gasteiger partial charge in [0.25, 0.3) is 0 Å². The van der Waals surface area contributed by atoms with Gasteiger partial charge in [-0.1, -0.05) is 16.8 Å². The Balaban J connectivity index is 2.24. The molecule has 2 aromatic heterocycles. The van der Waals surface area contributed by atoms with Crippen molar-refractivity contribution < 1.29 is 13.3 Å². The first-order valence-electron chi connectivity index (χ1n) is 5.51. The van der Waals surface area contributed by atoms with Crippen LogP contribution in [0.4, 0.5) is 14.6 Å². The molecule has 0 fully saturated rings. The molecule has 2 heterocycles. The highest BCUT2D eigenvalue weighted by Gasteiger charge is 2.21. The van der Waals surface area contributed by atoms with Gasteiger partial charge in [-0.2, -0.15) is 0 Å². The van der Waals surface area contributed by atoms with Gasteiger partial charge in [0.2, 0.25) is 0 Å². The molecule has 0 spiro atoms. The third-order valence-electron chi connectivity index (χ3n) is 2.69. The SMILES string of the molecule is Nc1noc(-c2sccc2Cl)c1-c1cc(F)cc(F)c1. The van der Waals surface area contributed by atoms with Crippen LogP contribution < -0.4 is 5.73 Å². The molecular weight excluding hydrogens is 306 g/mol. The largest absolute Gasteiger partial charge is 0.380 e. The summed E-state index contributed by atoms with van der Waals surface area (Å²) in [7, 11) is 0. The molecule has 3 nitrogen and oxygen atoms in total. The summed E-state index contributed by atoms with van der Waals surface area (Å²) in [5, 5.41) is 5.89. The van der Waals surface area contributed by atoms with Crippen LogP contribution in [0.5, 0.6) is 0 Å². The zero-order valence-corrected chi connectivity index (χ0v) is 11.4. The molecule has 20 heavy (non-hydrogen) atoms. The van der Waals surface area contributed by atoms with Gasteiger partial charge in [-0.05, 0) is 29.1 Å². The van der Waals surface area contributed by atoms with Crippen LogP contribution >= 0.6 is 22.9 Å². The lowest BCUT2D eigenvalue weighted by Crippen LogP contribution is -1.90. The molecular formula is C13H7ClF2N2OS. The number of hydrogen-bond acceptors (Lipinski definition) is 4. The molecule has 102 valence electrons. The quantitative estimate of drug-likeness (QED) is 0.753. The Morgan fingerprint density at radius 1 is 1.20 bits per heavy atom. The first-order valence-corrected chi connectivity index (χ1v) is 6.77. The van der Waals surface area contributed by atoms with Crippen molar-refractivity contribution >= 4 is 28.8 Å². The normalized spacial score (nSPS) is 10.9. The van der Waals surface area contributed by atoms with E-state index in [1.165, 1.54) is 11.3 Å². The summed E-state index contributed by atoms with van der Waals surface area (Å²) >= 11 is 7.36. The summed E-state index contributed by atoms with van der Waals surface area (Å²) in [5.41, 5.74) is 6.32. The molecule has 0 aliphatic heterocycles. The number of aromatic nitrogens is 1. The fourth-order valence-corrected chi connectivity index (χ4v) is 3.01. The predicted octanol–water partition coefficient (Wildman–Crippen LogP) is 4.58. The van der Waals surface area contributed by atoms with Crippen molar-refractivity contribution in [1.29, 1.82) is 0 Å². The number of thiophene rings is 1. The minimum absolute atomic E-state index is 0.0504. The lowest BCUT2D eigenvalue weighted by Gasteiger charge is -2.02. The summed E-state index contributed by atoms with van der Waals surface area (Å²) in [6, 6.07) is 4.80. The van der Waals surface area contributed by atoms with Gasteiger partial charge in [0.1, 0.15) is 11.6 Å². The Bertz CT molecular complexity index is 764. The Hall–Kier alpha value is -1.92. The van der Waals surface area contributed by atoms with Crippen LogP contribution in [-0.4, -0.2) is 5.16 Å². The third-order valence-corrected chi connectivity index (χ3v) is 4.03. The standard InChI is InChI=1S/C13H7ClF2N2OS/c14-9-1-2-20-12(9)11-10(13(17)18-19-11)6-3-7(15)5-8(16)4-6/h1-5H,(H2,17,18). The number of nitrogens with zero attached hydrogens (tertiary/aromatic N) is 1. The highest BCUT2D eigenvalue weighted by Crippen LogP contribution is 2.42. The van der Waals surface area contributed by atoms with E-state index in [1.54, 1.807) is 11.4 Å². The Labute approximate surface area is 121 Å². The molecule has 1 aromatic carbocycles. The van der Waals surface area contributed by atoms with Gasteiger partial charge in [-0.3, -0.25) is 0 Å². The molecule has 3 aromatic rings. The molecule has 0 amide bonds. The average molecular weight is 313 g/mol. The van der Waals surface area contributed by atoms with Crippen LogP contribution in [0.25, 0.3) is 21.8 Å². The maximum Gasteiger partial charge on any atom is 0.188 e. The first-order chi connectivity index (χ1) is 9.56. The zero-order chi connectivity index (χ0) is 14.3. The van der Waals surface area contributed by atoms with Crippen molar-refractivity contribution in [3.05, 3.63) is 46.3 Å². The van der Waals surface area contributed by atoms with E-state index in [1.807, 2.05) is 0 Å². The van der Waals surface area contributed by atoms with Crippen molar-refractivity contribution in [2.45, 2.75) is 0 Å². The van der Waals surface area contributed by atoms with Gasteiger partial charge in [-0.25, -0.2) is 8.78 Å². The Kier molecular flexibility index (Phi) is 3.19. The number of benzene rings is 1. The highest BCUT2D eigenvalue weighted by molar-refractivity contribution is 7.14. The van der Waals surface area contributed by atoms with Crippen LogP contribution in [0.1, 0.15) is 0 Å². The highest BCUT2D eigenvalue weighted by atomic mass is 35.5. The molecule has 0 saturated carbocycles. The Morgan fingerprint density at radius 2 is 1.90 bits per heavy atom. The molecule has 2 N–H and O–H groups in total. The molecule has 0 unspecified atom stereocenters. The van der Waals surface area contributed by atoms with Gasteiger partial charge < -0.3 is 10.3 Å². The minimum atomic E-state index is -0.705. The van der Waals surface area contributed by atoms with Crippen LogP contribution in [0.15, 0.2) is 34.2 Å². The maximum absolute atomic E-state index is 13.3. The van der Waals surface area contributed by atoms with Crippen LogP contribution in [0.2, 0.25) is 5.02 Å². The van der Waals surface area contributed by atoms with E-state index >= 15 is 0 Å². The topological polar surface area (TPSA) is 52.0 Å². The van der Waals surface area contributed by atoms with Crippen molar-refractivity contribution in [1.82, 2.24) is 5.16 Å². The van der Waals surface area contributed by atoms with Gasteiger partial charge in [-0.15, -0.1) is 11.3 Å².